The molecule has 0 amide bonds. The highest BCUT2D eigenvalue weighted by Gasteiger charge is 2.13. The van der Waals surface area contributed by atoms with Crippen molar-refractivity contribution in [1.29, 1.82) is 0 Å². The van der Waals surface area contributed by atoms with Crippen LogP contribution < -0.4 is 5.32 Å². The summed E-state index contributed by atoms with van der Waals surface area (Å²) in [5, 5.41) is 3.37. The first kappa shape index (κ1) is 13.5. The second kappa shape index (κ2) is 6.83. The first-order chi connectivity index (χ1) is 8.77. The van der Waals surface area contributed by atoms with E-state index in [1.165, 1.54) is 30.5 Å². The summed E-state index contributed by atoms with van der Waals surface area (Å²) in [7, 11) is -0.701. The van der Waals surface area contributed by atoms with Crippen LogP contribution in [0.5, 0.6) is 0 Å². The second-order valence-electron chi connectivity index (χ2n) is 4.77. The third-order valence-electron chi connectivity index (χ3n) is 3.28. The van der Waals surface area contributed by atoms with Crippen molar-refractivity contribution in [2.24, 2.45) is 0 Å². The van der Waals surface area contributed by atoms with Gasteiger partial charge in [0.1, 0.15) is 12.1 Å². The van der Waals surface area contributed by atoms with Crippen molar-refractivity contribution in [1.82, 2.24) is 9.97 Å². The predicted molar refractivity (Wildman–Crippen MR) is 75.3 cm³/mol. The number of nitrogens with zero attached hydrogens (tertiary/aromatic N) is 2. The average Bonchev–Trinajstić information content (AvgIpc) is 2.60. The smallest absolute Gasteiger partial charge is 0.132 e. The van der Waals surface area contributed by atoms with Crippen molar-refractivity contribution in [2.75, 3.05) is 23.9 Å². The van der Waals surface area contributed by atoms with Crippen LogP contribution in [0.4, 0.5) is 5.82 Å². The fourth-order valence-electron chi connectivity index (χ4n) is 2.33. The van der Waals surface area contributed by atoms with Crippen LogP contribution in [0.3, 0.4) is 0 Å². The predicted octanol–water partition coefficient (Wildman–Crippen LogP) is 1.93. The van der Waals surface area contributed by atoms with Gasteiger partial charge in [-0.3, -0.25) is 4.21 Å². The zero-order chi connectivity index (χ0) is 12.8. The van der Waals surface area contributed by atoms with Crippen LogP contribution in [0.2, 0.25) is 0 Å². The molecule has 4 nitrogen and oxygen atoms in total. The van der Waals surface area contributed by atoms with Gasteiger partial charge in [-0.2, -0.15) is 0 Å². The summed E-state index contributed by atoms with van der Waals surface area (Å²) in [5.41, 5.74) is 2.51. The first-order valence-electron chi connectivity index (χ1n) is 6.64. The molecular formula is C13H21N3OS. The van der Waals surface area contributed by atoms with Gasteiger partial charge in [-0.1, -0.05) is 6.42 Å². The van der Waals surface area contributed by atoms with Crippen molar-refractivity contribution in [2.45, 2.75) is 38.5 Å². The standard InChI is InChI=1S/C13H21N3OS/c1-18(17)9-5-8-14-13-11-6-3-2-4-7-12(11)15-10-16-13/h10H,2-9H2,1H3,(H,14,15,16). The number of rotatable bonds is 5. The summed E-state index contributed by atoms with van der Waals surface area (Å²) < 4.78 is 11.0. The number of hydrogen-bond acceptors (Lipinski definition) is 4. The van der Waals surface area contributed by atoms with Crippen LogP contribution in [0.25, 0.3) is 0 Å². The fourth-order valence-corrected chi connectivity index (χ4v) is 2.88. The Morgan fingerprint density at radius 2 is 2.11 bits per heavy atom. The second-order valence-corrected chi connectivity index (χ2v) is 6.32. The molecular weight excluding hydrogens is 246 g/mol. The Bertz CT molecular complexity index is 423. The van der Waals surface area contributed by atoms with E-state index in [2.05, 4.69) is 15.3 Å². The quantitative estimate of drug-likeness (QED) is 0.654. The van der Waals surface area contributed by atoms with E-state index in [4.69, 9.17) is 0 Å². The van der Waals surface area contributed by atoms with Gasteiger partial charge < -0.3 is 5.32 Å². The van der Waals surface area contributed by atoms with Gasteiger partial charge in [0.25, 0.3) is 0 Å². The summed E-state index contributed by atoms with van der Waals surface area (Å²) in [5.74, 6) is 1.74. The van der Waals surface area contributed by atoms with Crippen molar-refractivity contribution in [3.8, 4) is 0 Å². The Balaban J connectivity index is 1.97. The van der Waals surface area contributed by atoms with Crippen LogP contribution in [0.1, 0.15) is 36.9 Å². The van der Waals surface area contributed by atoms with E-state index in [1.54, 1.807) is 12.6 Å². The van der Waals surface area contributed by atoms with E-state index in [9.17, 15) is 4.21 Å². The maximum Gasteiger partial charge on any atom is 0.132 e. The normalized spacial score (nSPS) is 16.7. The van der Waals surface area contributed by atoms with Gasteiger partial charge in [-0.15, -0.1) is 0 Å². The summed E-state index contributed by atoms with van der Waals surface area (Å²) in [6.45, 7) is 0.836. The molecule has 100 valence electrons. The third kappa shape index (κ3) is 3.77. The van der Waals surface area contributed by atoms with E-state index in [-0.39, 0.29) is 0 Å². The SMILES string of the molecule is CS(=O)CCCNc1ncnc2c1CCCCC2. The van der Waals surface area contributed by atoms with Crippen molar-refractivity contribution in [3.63, 3.8) is 0 Å². The molecule has 0 fully saturated rings. The number of hydrogen-bond donors (Lipinski definition) is 1. The minimum Gasteiger partial charge on any atom is -0.370 e. The number of aromatic nitrogens is 2. The van der Waals surface area contributed by atoms with Crippen LogP contribution in [0, 0.1) is 0 Å². The van der Waals surface area contributed by atoms with Gasteiger partial charge in [-0.05, 0) is 32.1 Å². The molecule has 0 spiro atoms. The number of aryl methyl sites for hydroxylation is 1. The number of nitrogens with one attached hydrogen (secondary N) is 1. The van der Waals surface area contributed by atoms with Gasteiger partial charge in [0.2, 0.25) is 0 Å². The molecule has 18 heavy (non-hydrogen) atoms. The van der Waals surface area contributed by atoms with Crippen LogP contribution in [0.15, 0.2) is 6.33 Å². The molecule has 1 N–H and O–H groups in total. The van der Waals surface area contributed by atoms with E-state index in [0.29, 0.717) is 0 Å². The minimum absolute atomic E-state index is 0.701. The molecule has 0 bridgehead atoms. The summed E-state index contributed by atoms with van der Waals surface area (Å²) in [6, 6.07) is 0. The lowest BCUT2D eigenvalue weighted by Crippen LogP contribution is -2.11. The van der Waals surface area contributed by atoms with E-state index >= 15 is 0 Å². The molecule has 1 unspecified atom stereocenters. The van der Waals surface area contributed by atoms with Gasteiger partial charge in [0.15, 0.2) is 0 Å². The monoisotopic (exact) mass is 267 g/mol. The maximum absolute atomic E-state index is 11.0. The zero-order valence-electron chi connectivity index (χ0n) is 10.9. The highest BCUT2D eigenvalue weighted by atomic mass is 32.2. The molecule has 1 aromatic heterocycles. The summed E-state index contributed by atoms with van der Waals surface area (Å²) in [4.78, 5) is 8.75. The van der Waals surface area contributed by atoms with Gasteiger partial charge in [-0.25, -0.2) is 9.97 Å². The Morgan fingerprint density at radius 3 is 2.94 bits per heavy atom. The first-order valence-corrected chi connectivity index (χ1v) is 8.37. The lowest BCUT2D eigenvalue weighted by molar-refractivity contribution is 0.685. The highest BCUT2D eigenvalue weighted by Crippen LogP contribution is 2.23. The zero-order valence-corrected chi connectivity index (χ0v) is 11.8. The van der Waals surface area contributed by atoms with Gasteiger partial charge in [0.05, 0.1) is 0 Å². The van der Waals surface area contributed by atoms with E-state index in [0.717, 1.165) is 37.4 Å². The molecule has 0 aromatic carbocycles. The lowest BCUT2D eigenvalue weighted by atomic mass is 10.1. The highest BCUT2D eigenvalue weighted by molar-refractivity contribution is 7.84. The molecule has 2 rings (SSSR count). The third-order valence-corrected chi connectivity index (χ3v) is 4.14. The average molecular weight is 267 g/mol. The summed E-state index contributed by atoms with van der Waals surface area (Å²) >= 11 is 0. The molecule has 1 aromatic rings. The molecule has 1 heterocycles. The van der Waals surface area contributed by atoms with Gasteiger partial charge in [0, 0.05) is 40.6 Å². The van der Waals surface area contributed by atoms with Crippen molar-refractivity contribution < 1.29 is 4.21 Å². The molecule has 1 aliphatic rings. The molecule has 1 atom stereocenters. The Labute approximate surface area is 111 Å². The Kier molecular flexibility index (Phi) is 5.11. The fraction of sp³-hybridized carbons (Fsp3) is 0.692. The number of fused-ring (bicyclic) bond motifs is 1. The largest absolute Gasteiger partial charge is 0.370 e. The van der Waals surface area contributed by atoms with Crippen LogP contribution in [-0.2, 0) is 23.6 Å². The molecule has 0 radical (unpaired) electrons. The van der Waals surface area contributed by atoms with E-state index < -0.39 is 10.8 Å². The molecule has 5 heteroatoms. The minimum atomic E-state index is -0.701. The van der Waals surface area contributed by atoms with Crippen LogP contribution >= 0.6 is 0 Å². The molecule has 1 aliphatic carbocycles. The molecule has 0 saturated carbocycles. The maximum atomic E-state index is 11.0. The number of anilines is 1. The van der Waals surface area contributed by atoms with E-state index in [1.807, 2.05) is 0 Å². The lowest BCUT2D eigenvalue weighted by Gasteiger charge is -2.11. The van der Waals surface area contributed by atoms with Crippen molar-refractivity contribution in [3.05, 3.63) is 17.6 Å². The summed E-state index contributed by atoms with van der Waals surface area (Å²) in [6.07, 6.45) is 10.2. The molecule has 0 aliphatic heterocycles. The van der Waals surface area contributed by atoms with Crippen molar-refractivity contribution >= 4 is 16.6 Å². The van der Waals surface area contributed by atoms with Gasteiger partial charge >= 0.3 is 0 Å². The topological polar surface area (TPSA) is 54.9 Å². The molecule has 0 saturated heterocycles. The van der Waals surface area contributed by atoms with Crippen LogP contribution in [-0.4, -0.2) is 32.7 Å². The Morgan fingerprint density at radius 1 is 1.28 bits per heavy atom. The Hall–Kier alpha value is -0.970.